The first kappa shape index (κ1) is 19.0. The van der Waals surface area contributed by atoms with Gasteiger partial charge in [0.05, 0.1) is 27.2 Å². The Morgan fingerprint density at radius 3 is 2.48 bits per heavy atom. The summed E-state index contributed by atoms with van der Waals surface area (Å²) in [5, 5.41) is 0. The largest absolute Gasteiger partial charge is 0.493 e. The maximum atomic E-state index is 12.4. The normalized spacial score (nSPS) is 18.4. The average molecular weight is 346 g/mol. The summed E-state index contributed by atoms with van der Waals surface area (Å²) in [6.45, 7) is 3.84. The third kappa shape index (κ3) is 4.21. The lowest BCUT2D eigenvalue weighted by atomic mass is 9.76. The highest BCUT2D eigenvalue weighted by atomic mass is 16.5. The van der Waals surface area contributed by atoms with Crippen LogP contribution in [0.15, 0.2) is 18.7 Å². The fourth-order valence-electron chi connectivity index (χ4n) is 3.52. The minimum atomic E-state index is -0.491. The molecule has 5 heteroatoms. The lowest BCUT2D eigenvalue weighted by Crippen LogP contribution is -2.34. The van der Waals surface area contributed by atoms with E-state index in [1.165, 1.54) is 7.11 Å². The quantitative estimate of drug-likeness (QED) is 0.708. The number of hydrogen-bond acceptors (Lipinski definition) is 5. The molecule has 2 rings (SSSR count). The predicted octanol–water partition coefficient (Wildman–Crippen LogP) is 3.44. The van der Waals surface area contributed by atoms with Gasteiger partial charge in [0.1, 0.15) is 5.78 Å². The summed E-state index contributed by atoms with van der Waals surface area (Å²) in [5.74, 6) is 0.222. The van der Waals surface area contributed by atoms with E-state index in [0.717, 1.165) is 30.4 Å². The van der Waals surface area contributed by atoms with E-state index in [1.807, 2.05) is 12.1 Å². The van der Waals surface area contributed by atoms with Gasteiger partial charge in [-0.25, -0.2) is 0 Å². The van der Waals surface area contributed by atoms with E-state index in [4.69, 9.17) is 14.2 Å². The standard InChI is InChI=1S/C20H26O5/c1-5-13-11-18(23-2)19(24-3)12-14(13)10-16(20(22)25-4)15-8-6-7-9-17(15)21/h5,11-12,15-16H,1,6-10H2,2-4H3/t15-,16+/m1/s1. The van der Waals surface area contributed by atoms with E-state index in [-0.39, 0.29) is 17.7 Å². The molecule has 0 N–H and O–H groups in total. The van der Waals surface area contributed by atoms with Crippen molar-refractivity contribution in [3.8, 4) is 11.5 Å². The number of ether oxygens (including phenoxy) is 3. The molecule has 1 aromatic rings. The molecule has 1 fully saturated rings. The first-order valence-electron chi connectivity index (χ1n) is 8.53. The molecule has 5 nitrogen and oxygen atoms in total. The van der Waals surface area contributed by atoms with Crippen molar-refractivity contribution in [1.82, 2.24) is 0 Å². The van der Waals surface area contributed by atoms with Gasteiger partial charge in [0.25, 0.3) is 0 Å². The van der Waals surface area contributed by atoms with Crippen molar-refractivity contribution in [2.75, 3.05) is 21.3 Å². The van der Waals surface area contributed by atoms with Crippen molar-refractivity contribution < 1.29 is 23.8 Å². The number of carbonyl (C=O) groups is 2. The van der Waals surface area contributed by atoms with E-state index < -0.39 is 5.92 Å². The molecule has 0 bridgehead atoms. The van der Waals surface area contributed by atoms with Gasteiger partial charge in [-0.1, -0.05) is 19.1 Å². The zero-order valence-electron chi connectivity index (χ0n) is 15.2. The number of rotatable bonds is 7. The number of methoxy groups -OCH3 is 3. The van der Waals surface area contributed by atoms with Crippen LogP contribution in [0.5, 0.6) is 11.5 Å². The fraction of sp³-hybridized carbons (Fsp3) is 0.500. The highest BCUT2D eigenvalue weighted by molar-refractivity contribution is 5.87. The van der Waals surface area contributed by atoms with Crippen LogP contribution in [0, 0.1) is 11.8 Å². The molecule has 2 atom stereocenters. The van der Waals surface area contributed by atoms with Crippen LogP contribution in [-0.4, -0.2) is 33.1 Å². The maximum absolute atomic E-state index is 12.4. The van der Waals surface area contributed by atoms with Gasteiger partial charge in [0.2, 0.25) is 0 Å². The Morgan fingerprint density at radius 1 is 1.24 bits per heavy atom. The van der Waals surface area contributed by atoms with Crippen LogP contribution in [0.25, 0.3) is 6.08 Å². The van der Waals surface area contributed by atoms with Gasteiger partial charge in [-0.15, -0.1) is 0 Å². The summed E-state index contributed by atoms with van der Waals surface area (Å²) < 4.78 is 15.7. The first-order chi connectivity index (χ1) is 12.0. The Bertz CT molecular complexity index is 650. The molecule has 0 saturated heterocycles. The maximum Gasteiger partial charge on any atom is 0.309 e. The molecule has 0 aliphatic heterocycles. The van der Waals surface area contributed by atoms with Crippen LogP contribution >= 0.6 is 0 Å². The van der Waals surface area contributed by atoms with Crippen LogP contribution < -0.4 is 9.47 Å². The summed E-state index contributed by atoms with van der Waals surface area (Å²) in [6, 6.07) is 3.68. The van der Waals surface area contributed by atoms with E-state index in [0.29, 0.717) is 24.3 Å². The lowest BCUT2D eigenvalue weighted by molar-refractivity contribution is -0.150. The molecule has 0 amide bonds. The Morgan fingerprint density at radius 2 is 1.92 bits per heavy atom. The third-order valence-corrected chi connectivity index (χ3v) is 4.90. The van der Waals surface area contributed by atoms with Crippen molar-refractivity contribution in [2.45, 2.75) is 32.1 Å². The Balaban J connectivity index is 2.39. The Labute approximate surface area is 149 Å². The predicted molar refractivity (Wildman–Crippen MR) is 95.8 cm³/mol. The van der Waals surface area contributed by atoms with Gasteiger partial charge in [0.15, 0.2) is 11.5 Å². The lowest BCUT2D eigenvalue weighted by Gasteiger charge is -2.28. The van der Waals surface area contributed by atoms with Gasteiger partial charge in [-0.2, -0.15) is 0 Å². The number of esters is 1. The Kier molecular flexibility index (Phi) is 6.62. The molecule has 1 aliphatic carbocycles. The summed E-state index contributed by atoms with van der Waals surface area (Å²) in [6.07, 6.45) is 5.26. The highest BCUT2D eigenvalue weighted by Gasteiger charge is 2.36. The highest BCUT2D eigenvalue weighted by Crippen LogP contribution is 2.35. The van der Waals surface area contributed by atoms with Crippen LogP contribution in [0.2, 0.25) is 0 Å². The first-order valence-corrected chi connectivity index (χ1v) is 8.53. The van der Waals surface area contributed by atoms with Crippen molar-refractivity contribution in [3.05, 3.63) is 29.8 Å². The van der Waals surface area contributed by atoms with Crippen LogP contribution in [0.1, 0.15) is 36.8 Å². The second-order valence-corrected chi connectivity index (χ2v) is 6.26. The van der Waals surface area contributed by atoms with E-state index in [1.54, 1.807) is 20.3 Å². The topological polar surface area (TPSA) is 61.8 Å². The van der Waals surface area contributed by atoms with Gasteiger partial charge < -0.3 is 14.2 Å². The number of ketones is 1. The summed E-state index contributed by atoms with van der Waals surface area (Å²) in [7, 11) is 4.51. The number of carbonyl (C=O) groups excluding carboxylic acids is 2. The van der Waals surface area contributed by atoms with Crippen LogP contribution in [-0.2, 0) is 20.7 Å². The smallest absolute Gasteiger partial charge is 0.309 e. The molecular weight excluding hydrogens is 320 g/mol. The second-order valence-electron chi connectivity index (χ2n) is 6.26. The summed E-state index contributed by atoms with van der Waals surface area (Å²) >= 11 is 0. The molecule has 0 heterocycles. The van der Waals surface area contributed by atoms with Crippen LogP contribution in [0.3, 0.4) is 0 Å². The second kappa shape index (κ2) is 8.70. The number of hydrogen-bond donors (Lipinski definition) is 0. The molecule has 0 spiro atoms. The minimum absolute atomic E-state index is 0.155. The minimum Gasteiger partial charge on any atom is -0.493 e. The average Bonchev–Trinajstić information content (AvgIpc) is 2.65. The molecule has 0 aromatic heterocycles. The number of benzene rings is 1. The molecule has 1 aromatic carbocycles. The molecule has 0 unspecified atom stereocenters. The molecular formula is C20H26O5. The van der Waals surface area contributed by atoms with Crippen molar-refractivity contribution >= 4 is 17.8 Å². The monoisotopic (exact) mass is 346 g/mol. The molecule has 1 saturated carbocycles. The summed E-state index contributed by atoms with van der Waals surface area (Å²) in [4.78, 5) is 24.7. The summed E-state index contributed by atoms with van der Waals surface area (Å²) in [5.41, 5.74) is 1.75. The SMILES string of the molecule is C=Cc1cc(OC)c(OC)cc1C[C@H](C(=O)OC)[C@H]1CCCCC1=O. The fourth-order valence-corrected chi connectivity index (χ4v) is 3.52. The van der Waals surface area contributed by atoms with Crippen molar-refractivity contribution in [1.29, 1.82) is 0 Å². The van der Waals surface area contributed by atoms with Gasteiger partial charge >= 0.3 is 5.97 Å². The van der Waals surface area contributed by atoms with Gasteiger partial charge in [-0.05, 0) is 42.5 Å². The zero-order chi connectivity index (χ0) is 18.4. The molecule has 25 heavy (non-hydrogen) atoms. The van der Waals surface area contributed by atoms with Crippen LogP contribution in [0.4, 0.5) is 0 Å². The van der Waals surface area contributed by atoms with E-state index >= 15 is 0 Å². The molecule has 0 radical (unpaired) electrons. The van der Waals surface area contributed by atoms with E-state index in [9.17, 15) is 9.59 Å². The molecule has 136 valence electrons. The van der Waals surface area contributed by atoms with Gasteiger partial charge in [0, 0.05) is 12.3 Å². The zero-order valence-corrected chi connectivity index (χ0v) is 15.2. The Hall–Kier alpha value is -2.30. The molecule has 1 aliphatic rings. The van der Waals surface area contributed by atoms with E-state index in [2.05, 4.69) is 6.58 Å². The number of Topliss-reactive ketones (excluding diaryl/α,β-unsaturated/α-hetero) is 1. The van der Waals surface area contributed by atoms with Crippen molar-refractivity contribution in [3.63, 3.8) is 0 Å². The van der Waals surface area contributed by atoms with Crippen molar-refractivity contribution in [2.24, 2.45) is 11.8 Å². The third-order valence-electron chi connectivity index (χ3n) is 4.90. The van der Waals surface area contributed by atoms with Gasteiger partial charge in [-0.3, -0.25) is 9.59 Å².